The zero-order valence-corrected chi connectivity index (χ0v) is 18.8. The Morgan fingerprint density at radius 1 is 1.26 bits per heavy atom. The van der Waals surface area contributed by atoms with E-state index in [4.69, 9.17) is 14.2 Å². The second kappa shape index (κ2) is 9.09. The second-order valence-corrected chi connectivity index (χ2v) is 8.67. The third-order valence-corrected chi connectivity index (χ3v) is 4.99. The van der Waals surface area contributed by atoms with Crippen molar-refractivity contribution < 1.29 is 23.8 Å². The SMILES string of the molecule is CCOC(=O)c1cn(C[C@@H]2COCCN2C(=O)OC(C)(C)C)c2ccc(C)cc2c1=O. The predicted octanol–water partition coefficient (Wildman–Crippen LogP) is 3.12. The summed E-state index contributed by atoms with van der Waals surface area (Å²) in [5.74, 6) is -0.659. The molecule has 2 aromatic rings. The third kappa shape index (κ3) is 5.25. The second-order valence-electron chi connectivity index (χ2n) is 8.67. The minimum atomic E-state index is -0.659. The number of rotatable bonds is 4. The number of nitrogens with zero attached hydrogens (tertiary/aromatic N) is 2. The van der Waals surface area contributed by atoms with Crippen molar-refractivity contribution in [3.63, 3.8) is 0 Å². The summed E-state index contributed by atoms with van der Waals surface area (Å²) in [6.45, 7) is 10.7. The lowest BCUT2D eigenvalue weighted by Crippen LogP contribution is -2.52. The minimum absolute atomic E-state index is 0.0273. The molecule has 8 heteroatoms. The number of benzene rings is 1. The Morgan fingerprint density at radius 3 is 2.68 bits per heavy atom. The average molecular weight is 431 g/mol. The van der Waals surface area contributed by atoms with E-state index in [1.165, 1.54) is 6.20 Å². The van der Waals surface area contributed by atoms with Crippen molar-refractivity contribution in [3.05, 3.63) is 45.7 Å². The van der Waals surface area contributed by atoms with Gasteiger partial charge in [-0.3, -0.25) is 9.69 Å². The number of aromatic nitrogens is 1. The molecule has 0 bridgehead atoms. The van der Waals surface area contributed by atoms with Crippen LogP contribution in [-0.4, -0.2) is 59.5 Å². The molecule has 0 spiro atoms. The maximum Gasteiger partial charge on any atom is 0.410 e. The van der Waals surface area contributed by atoms with Gasteiger partial charge < -0.3 is 18.8 Å². The van der Waals surface area contributed by atoms with E-state index in [0.717, 1.165) is 5.56 Å². The van der Waals surface area contributed by atoms with E-state index in [1.54, 1.807) is 17.9 Å². The lowest BCUT2D eigenvalue weighted by atomic mass is 10.1. The zero-order chi connectivity index (χ0) is 22.8. The molecule has 1 aromatic carbocycles. The van der Waals surface area contributed by atoms with E-state index < -0.39 is 17.7 Å². The number of esters is 1. The van der Waals surface area contributed by atoms with Crippen molar-refractivity contribution in [2.45, 2.75) is 52.8 Å². The van der Waals surface area contributed by atoms with E-state index in [1.807, 2.05) is 44.4 Å². The number of fused-ring (bicyclic) bond motifs is 1. The zero-order valence-electron chi connectivity index (χ0n) is 18.8. The fourth-order valence-corrected chi connectivity index (χ4v) is 3.61. The van der Waals surface area contributed by atoms with Crippen molar-refractivity contribution >= 4 is 23.0 Å². The molecular formula is C23H30N2O6. The largest absolute Gasteiger partial charge is 0.462 e. The fourth-order valence-electron chi connectivity index (χ4n) is 3.61. The van der Waals surface area contributed by atoms with Crippen LogP contribution < -0.4 is 5.43 Å². The molecular weight excluding hydrogens is 400 g/mol. The van der Waals surface area contributed by atoms with Gasteiger partial charge in [0.1, 0.15) is 11.2 Å². The third-order valence-electron chi connectivity index (χ3n) is 4.99. The Bertz CT molecular complexity index is 1040. The number of hydrogen-bond acceptors (Lipinski definition) is 6. The van der Waals surface area contributed by atoms with Crippen molar-refractivity contribution in [3.8, 4) is 0 Å². The quantitative estimate of drug-likeness (QED) is 0.693. The molecule has 0 unspecified atom stereocenters. The van der Waals surface area contributed by atoms with E-state index >= 15 is 0 Å². The van der Waals surface area contributed by atoms with Gasteiger partial charge in [-0.1, -0.05) is 11.6 Å². The molecule has 1 aliphatic rings. The van der Waals surface area contributed by atoms with Crippen LogP contribution in [0.5, 0.6) is 0 Å². The van der Waals surface area contributed by atoms with Crippen LogP contribution in [0, 0.1) is 6.92 Å². The van der Waals surface area contributed by atoms with Gasteiger partial charge in [-0.25, -0.2) is 9.59 Å². The molecule has 0 saturated carbocycles. The summed E-state index contributed by atoms with van der Waals surface area (Å²) in [5, 5.41) is 0.436. The van der Waals surface area contributed by atoms with Gasteiger partial charge in [0.05, 0.1) is 31.4 Å². The Balaban J connectivity index is 2.02. The first kappa shape index (κ1) is 22.8. The number of carbonyl (C=O) groups is 2. The highest BCUT2D eigenvalue weighted by Crippen LogP contribution is 2.20. The number of carbonyl (C=O) groups excluding carboxylic acids is 2. The van der Waals surface area contributed by atoms with E-state index in [-0.39, 0.29) is 23.6 Å². The van der Waals surface area contributed by atoms with Crippen LogP contribution in [0.25, 0.3) is 10.9 Å². The van der Waals surface area contributed by atoms with E-state index in [0.29, 0.717) is 37.2 Å². The van der Waals surface area contributed by atoms with E-state index in [2.05, 4.69) is 0 Å². The van der Waals surface area contributed by atoms with Crippen molar-refractivity contribution in [2.75, 3.05) is 26.4 Å². The van der Waals surface area contributed by atoms with Gasteiger partial charge in [-0.2, -0.15) is 0 Å². The molecule has 1 fully saturated rings. The first-order chi connectivity index (χ1) is 14.6. The smallest absolute Gasteiger partial charge is 0.410 e. The molecule has 168 valence electrons. The number of aryl methyl sites for hydroxylation is 1. The van der Waals surface area contributed by atoms with Crippen LogP contribution in [0.4, 0.5) is 4.79 Å². The highest BCUT2D eigenvalue weighted by Gasteiger charge is 2.31. The fraction of sp³-hybridized carbons (Fsp3) is 0.522. The van der Waals surface area contributed by atoms with Crippen LogP contribution >= 0.6 is 0 Å². The normalized spacial score (nSPS) is 16.9. The van der Waals surface area contributed by atoms with E-state index in [9.17, 15) is 14.4 Å². The molecule has 1 amide bonds. The van der Waals surface area contributed by atoms with Gasteiger partial charge in [0.25, 0.3) is 0 Å². The Kier molecular flexibility index (Phi) is 6.69. The summed E-state index contributed by atoms with van der Waals surface area (Å²) in [7, 11) is 0. The maximum atomic E-state index is 12.9. The maximum absolute atomic E-state index is 12.9. The van der Waals surface area contributed by atoms with Gasteiger partial charge in [0.2, 0.25) is 5.43 Å². The van der Waals surface area contributed by atoms with Gasteiger partial charge >= 0.3 is 12.1 Å². The highest BCUT2D eigenvalue weighted by atomic mass is 16.6. The molecule has 1 saturated heterocycles. The lowest BCUT2D eigenvalue weighted by molar-refractivity contribution is -0.0356. The highest BCUT2D eigenvalue weighted by molar-refractivity contribution is 5.94. The summed E-state index contributed by atoms with van der Waals surface area (Å²) in [5.41, 5.74) is 0.586. The van der Waals surface area contributed by atoms with Crippen molar-refractivity contribution in [2.24, 2.45) is 0 Å². The molecule has 0 N–H and O–H groups in total. The number of hydrogen-bond donors (Lipinski definition) is 0. The monoisotopic (exact) mass is 430 g/mol. The summed E-state index contributed by atoms with van der Waals surface area (Å²) < 4.78 is 18.1. The summed E-state index contributed by atoms with van der Waals surface area (Å²) in [6, 6.07) is 5.21. The molecule has 0 radical (unpaired) electrons. The first-order valence-electron chi connectivity index (χ1n) is 10.5. The lowest BCUT2D eigenvalue weighted by Gasteiger charge is -2.37. The summed E-state index contributed by atoms with van der Waals surface area (Å²) in [6.07, 6.45) is 1.10. The standard InChI is InChI=1S/C23H30N2O6/c1-6-30-21(27)18-13-24(19-8-7-15(2)11-17(19)20(18)26)12-16-14-29-10-9-25(16)22(28)31-23(3,4)5/h7-8,11,13,16H,6,9-10,12,14H2,1-5H3/t16-/m1/s1. The molecule has 1 aromatic heterocycles. The molecule has 8 nitrogen and oxygen atoms in total. The van der Waals surface area contributed by atoms with Gasteiger partial charge in [-0.15, -0.1) is 0 Å². The molecule has 1 atom stereocenters. The number of morpholine rings is 1. The van der Waals surface area contributed by atoms with Gasteiger partial charge in [0.15, 0.2) is 0 Å². The van der Waals surface area contributed by atoms with Crippen LogP contribution in [0.3, 0.4) is 0 Å². The number of ether oxygens (including phenoxy) is 3. The van der Waals surface area contributed by atoms with Crippen LogP contribution in [0.15, 0.2) is 29.2 Å². The molecule has 0 aliphatic carbocycles. The molecule has 3 rings (SSSR count). The number of amides is 1. The predicted molar refractivity (Wildman–Crippen MR) is 116 cm³/mol. The van der Waals surface area contributed by atoms with Gasteiger partial charge in [-0.05, 0) is 46.8 Å². The van der Waals surface area contributed by atoms with Gasteiger partial charge in [0, 0.05) is 24.7 Å². The Labute approximate surface area is 181 Å². The topological polar surface area (TPSA) is 87.1 Å². The first-order valence-corrected chi connectivity index (χ1v) is 10.5. The molecule has 1 aliphatic heterocycles. The minimum Gasteiger partial charge on any atom is -0.462 e. The average Bonchev–Trinajstić information content (AvgIpc) is 2.69. The number of pyridine rings is 1. The van der Waals surface area contributed by atoms with Crippen LogP contribution in [0.2, 0.25) is 0 Å². The molecule has 2 heterocycles. The summed E-state index contributed by atoms with van der Waals surface area (Å²) in [4.78, 5) is 39.8. The van der Waals surface area contributed by atoms with Crippen molar-refractivity contribution in [1.29, 1.82) is 0 Å². The van der Waals surface area contributed by atoms with Crippen LogP contribution in [-0.2, 0) is 20.8 Å². The van der Waals surface area contributed by atoms with Crippen LogP contribution in [0.1, 0.15) is 43.6 Å². The molecule has 31 heavy (non-hydrogen) atoms. The Hall–Kier alpha value is -2.87. The van der Waals surface area contributed by atoms with Crippen molar-refractivity contribution in [1.82, 2.24) is 9.47 Å². The summed E-state index contributed by atoms with van der Waals surface area (Å²) >= 11 is 0. The Morgan fingerprint density at radius 2 is 2.00 bits per heavy atom.